The van der Waals surface area contributed by atoms with Crippen LogP contribution in [0.2, 0.25) is 20.1 Å². The first-order chi connectivity index (χ1) is 21.3. The molecule has 0 saturated heterocycles. The number of hydrogen-bond acceptors (Lipinski definition) is 6. The third-order valence-electron chi connectivity index (χ3n) is 5.98. The van der Waals surface area contributed by atoms with Gasteiger partial charge in [-0.15, -0.1) is 5.11 Å². The summed E-state index contributed by atoms with van der Waals surface area (Å²) in [6.45, 7) is 0.572. The molecule has 0 spiro atoms. The number of carbonyl (C=O) groups is 2. The Morgan fingerprint density at radius 1 is 0.636 bits per heavy atom. The van der Waals surface area contributed by atoms with Crippen molar-refractivity contribution in [2.75, 3.05) is 23.8 Å². The summed E-state index contributed by atoms with van der Waals surface area (Å²) in [7, 11) is 0. The van der Waals surface area contributed by atoms with Gasteiger partial charge in [-0.25, -0.2) is 0 Å². The van der Waals surface area contributed by atoms with Gasteiger partial charge in [-0.3, -0.25) is 9.59 Å². The van der Waals surface area contributed by atoms with E-state index in [9.17, 15) is 9.59 Å². The predicted molar refractivity (Wildman–Crippen MR) is 177 cm³/mol. The lowest BCUT2D eigenvalue weighted by molar-refractivity contribution is -0.117. The van der Waals surface area contributed by atoms with Crippen molar-refractivity contribution >= 4 is 81.0 Å². The molecule has 4 rings (SSSR count). The third-order valence-corrected chi connectivity index (χ3v) is 7.04. The first kappa shape index (κ1) is 33.1. The average Bonchev–Trinajstić information content (AvgIpc) is 2.99. The summed E-state index contributed by atoms with van der Waals surface area (Å²) >= 11 is 24.1. The second kappa shape index (κ2) is 16.9. The number of carbonyl (C=O) groups excluding carboxylic acids is 2. The number of azo groups is 1. The van der Waals surface area contributed by atoms with Crippen molar-refractivity contribution in [1.82, 2.24) is 0 Å². The molecule has 0 fully saturated rings. The highest BCUT2D eigenvalue weighted by Crippen LogP contribution is 2.31. The molecule has 2 N–H and O–H groups in total. The van der Waals surface area contributed by atoms with E-state index >= 15 is 0 Å². The molecule has 4 aromatic carbocycles. The highest BCUT2D eigenvalue weighted by atomic mass is 35.5. The van der Waals surface area contributed by atoms with E-state index in [1.165, 1.54) is 0 Å². The van der Waals surface area contributed by atoms with Crippen LogP contribution in [0.4, 0.5) is 22.7 Å². The molecule has 0 saturated carbocycles. The van der Waals surface area contributed by atoms with Crippen molar-refractivity contribution in [3.63, 3.8) is 0 Å². The fourth-order valence-electron chi connectivity index (χ4n) is 3.86. The largest absolute Gasteiger partial charge is 0.492 e. The number of rotatable bonds is 14. The lowest BCUT2D eigenvalue weighted by Gasteiger charge is -2.12. The topological polar surface area (TPSA) is 101 Å². The van der Waals surface area contributed by atoms with Gasteiger partial charge in [-0.2, -0.15) is 5.11 Å². The first-order valence-electron chi connectivity index (χ1n) is 13.6. The van der Waals surface area contributed by atoms with Crippen LogP contribution in [-0.2, 0) is 9.59 Å². The maximum absolute atomic E-state index is 12.8. The molecule has 0 aliphatic rings. The van der Waals surface area contributed by atoms with Gasteiger partial charge < -0.3 is 20.1 Å². The number of ether oxygens (including phenoxy) is 2. The van der Waals surface area contributed by atoms with Crippen LogP contribution in [0.3, 0.4) is 0 Å². The number of benzene rings is 4. The molecule has 0 heterocycles. The number of amides is 2. The van der Waals surface area contributed by atoms with Gasteiger partial charge >= 0.3 is 0 Å². The highest BCUT2D eigenvalue weighted by Gasteiger charge is 2.12. The molecule has 44 heavy (non-hydrogen) atoms. The van der Waals surface area contributed by atoms with E-state index in [1.54, 1.807) is 54.6 Å². The lowest BCUT2D eigenvalue weighted by atomic mass is 10.2. The molecule has 0 aromatic heterocycles. The third kappa shape index (κ3) is 10.7. The molecule has 0 aliphatic heterocycles. The van der Waals surface area contributed by atoms with Crippen LogP contribution in [0.15, 0.2) is 95.2 Å². The van der Waals surface area contributed by atoms with Crippen LogP contribution in [-0.4, -0.2) is 25.0 Å². The van der Waals surface area contributed by atoms with Crippen molar-refractivity contribution in [2.45, 2.75) is 25.7 Å². The molecule has 0 bridgehead atoms. The summed E-state index contributed by atoms with van der Waals surface area (Å²) < 4.78 is 11.3. The van der Waals surface area contributed by atoms with E-state index in [0.29, 0.717) is 73.8 Å². The molecule has 4 aromatic rings. The molecule has 8 nitrogen and oxygen atoms in total. The average molecular weight is 674 g/mol. The molecule has 0 unspecified atom stereocenters. The van der Waals surface area contributed by atoms with E-state index in [0.717, 1.165) is 0 Å². The van der Waals surface area contributed by atoms with Crippen molar-refractivity contribution in [2.24, 2.45) is 10.2 Å². The predicted octanol–water partition coefficient (Wildman–Crippen LogP) is 10.3. The van der Waals surface area contributed by atoms with E-state index in [-0.39, 0.29) is 31.3 Å². The zero-order valence-electron chi connectivity index (χ0n) is 23.4. The highest BCUT2D eigenvalue weighted by molar-refractivity contribution is 6.36. The van der Waals surface area contributed by atoms with Gasteiger partial charge in [0.25, 0.3) is 0 Å². The second-order valence-electron chi connectivity index (χ2n) is 9.42. The molecular weight excluding hydrogens is 646 g/mol. The van der Waals surface area contributed by atoms with Gasteiger partial charge in [0.1, 0.15) is 17.2 Å². The fourth-order valence-corrected chi connectivity index (χ4v) is 4.78. The van der Waals surface area contributed by atoms with Crippen LogP contribution in [0, 0.1) is 0 Å². The Morgan fingerprint density at radius 3 is 1.77 bits per heavy atom. The Hall–Kier alpha value is -3.82. The summed E-state index contributed by atoms with van der Waals surface area (Å²) in [5, 5.41) is 16.1. The molecular formula is C32H28Cl4N4O4. The van der Waals surface area contributed by atoms with Gasteiger partial charge in [-0.1, -0.05) is 64.6 Å². The smallest absolute Gasteiger partial charge is 0.224 e. The minimum absolute atomic E-state index is 0.175. The molecule has 12 heteroatoms. The number of hydrogen-bond donors (Lipinski definition) is 2. The van der Waals surface area contributed by atoms with Crippen LogP contribution >= 0.6 is 46.4 Å². The fraction of sp³-hybridized carbons (Fsp3) is 0.188. The zero-order valence-corrected chi connectivity index (χ0v) is 26.4. The van der Waals surface area contributed by atoms with Gasteiger partial charge in [0.15, 0.2) is 0 Å². The van der Waals surface area contributed by atoms with Crippen LogP contribution in [0.25, 0.3) is 0 Å². The normalized spacial score (nSPS) is 10.9. The summed E-state index contributed by atoms with van der Waals surface area (Å²) in [5.74, 6) is 0.513. The summed E-state index contributed by atoms with van der Waals surface area (Å²) in [6.07, 6.45) is 1.28. The van der Waals surface area contributed by atoms with Crippen LogP contribution < -0.4 is 20.1 Å². The van der Waals surface area contributed by atoms with Gasteiger partial charge in [0.2, 0.25) is 11.8 Å². The number of halogens is 4. The van der Waals surface area contributed by atoms with Gasteiger partial charge in [0, 0.05) is 28.6 Å². The quantitative estimate of drug-likeness (QED) is 0.103. The van der Waals surface area contributed by atoms with E-state index in [2.05, 4.69) is 20.9 Å². The standard InChI is InChI=1S/C32H28Cl4N4O4/c33-21-10-14-29(25(35)18-21)43-16-4-8-31(41)37-24-12-13-27(40-39-23-6-2-1-3-7-23)28(20-24)38-32(42)9-5-17-44-30-15-11-22(34)19-26(30)36/h1-3,6-7,10-15,18-20H,4-5,8-9,16-17H2,(H,37,41)(H,38,42). The minimum Gasteiger partial charge on any atom is -0.492 e. The van der Waals surface area contributed by atoms with Gasteiger partial charge in [0.05, 0.1) is 34.6 Å². The first-order valence-corrected chi connectivity index (χ1v) is 15.1. The minimum atomic E-state index is -0.256. The van der Waals surface area contributed by atoms with Crippen molar-refractivity contribution < 1.29 is 19.1 Å². The van der Waals surface area contributed by atoms with Gasteiger partial charge in [-0.05, 0) is 79.6 Å². The Bertz CT molecular complexity index is 1620. The van der Waals surface area contributed by atoms with Crippen LogP contribution in [0.1, 0.15) is 25.7 Å². The molecule has 2 amide bonds. The zero-order chi connectivity index (χ0) is 31.3. The molecule has 0 atom stereocenters. The summed E-state index contributed by atoms with van der Waals surface area (Å²) in [5.41, 5.74) is 1.97. The van der Waals surface area contributed by atoms with E-state index < -0.39 is 0 Å². The lowest BCUT2D eigenvalue weighted by Crippen LogP contribution is -2.15. The van der Waals surface area contributed by atoms with E-state index in [1.807, 2.05) is 30.3 Å². The Morgan fingerprint density at radius 2 is 1.20 bits per heavy atom. The number of anilines is 2. The van der Waals surface area contributed by atoms with Crippen molar-refractivity contribution in [3.05, 3.63) is 105 Å². The summed E-state index contributed by atoms with van der Waals surface area (Å²) in [4.78, 5) is 25.5. The Kier molecular flexibility index (Phi) is 12.7. The van der Waals surface area contributed by atoms with Crippen molar-refractivity contribution in [3.8, 4) is 11.5 Å². The SMILES string of the molecule is O=C(CCCOc1ccc(Cl)cc1Cl)Nc1ccc(N=Nc2ccccc2)c(NC(=O)CCCOc2ccc(Cl)cc2Cl)c1. The monoisotopic (exact) mass is 672 g/mol. The Labute approximate surface area is 275 Å². The number of nitrogens with zero attached hydrogens (tertiary/aromatic N) is 2. The maximum Gasteiger partial charge on any atom is 0.224 e. The van der Waals surface area contributed by atoms with E-state index in [4.69, 9.17) is 55.9 Å². The van der Waals surface area contributed by atoms with Crippen molar-refractivity contribution in [1.29, 1.82) is 0 Å². The maximum atomic E-state index is 12.8. The number of nitrogens with one attached hydrogen (secondary N) is 2. The summed E-state index contributed by atoms with van der Waals surface area (Å²) in [6, 6.07) is 24.1. The second-order valence-corrected chi connectivity index (χ2v) is 11.1. The van der Waals surface area contributed by atoms with Crippen LogP contribution in [0.5, 0.6) is 11.5 Å². The molecule has 0 radical (unpaired) electrons. The Balaban J connectivity index is 1.34. The molecule has 228 valence electrons. The molecule has 0 aliphatic carbocycles.